The Kier molecular flexibility index (Phi) is 6.19. The maximum Gasteiger partial charge on any atom is 0.121 e. The summed E-state index contributed by atoms with van der Waals surface area (Å²) in [5.74, 6) is 1.84. The van der Waals surface area contributed by atoms with Crippen LogP contribution in [0.1, 0.15) is 32.1 Å². The van der Waals surface area contributed by atoms with Gasteiger partial charge < -0.3 is 15.0 Å². The lowest BCUT2D eigenvalue weighted by molar-refractivity contribution is 0.294. The second kappa shape index (κ2) is 8.15. The molecule has 0 saturated heterocycles. The Morgan fingerprint density at radius 3 is 2.75 bits per heavy atom. The lowest BCUT2D eigenvalue weighted by atomic mass is 9.89. The molecule has 112 valence electrons. The van der Waals surface area contributed by atoms with Crippen LogP contribution in [0.3, 0.4) is 0 Å². The Hall–Kier alpha value is -1.22. The van der Waals surface area contributed by atoms with Crippen LogP contribution in [0.15, 0.2) is 24.3 Å². The molecule has 0 aromatic heterocycles. The molecule has 0 heterocycles. The lowest BCUT2D eigenvalue weighted by Crippen LogP contribution is -2.28. The van der Waals surface area contributed by atoms with Crippen molar-refractivity contribution in [3.05, 3.63) is 24.3 Å². The number of anilines is 1. The molecule has 1 fully saturated rings. The molecule has 0 unspecified atom stereocenters. The minimum Gasteiger partial charge on any atom is -0.492 e. The highest BCUT2D eigenvalue weighted by Gasteiger charge is 2.12. The number of ether oxygens (including phenoxy) is 1. The molecule has 3 heteroatoms. The lowest BCUT2D eigenvalue weighted by Gasteiger charge is -2.21. The van der Waals surface area contributed by atoms with E-state index in [9.17, 15) is 0 Å². The molecule has 3 nitrogen and oxygen atoms in total. The standard InChI is InChI=1S/C17H28N2O/c1-19(2)16-9-6-10-17(13-16)20-12-11-18-14-15-7-4-3-5-8-15/h6,9-10,13,15,18H,3-5,7-8,11-12,14H2,1-2H3. The van der Waals surface area contributed by atoms with E-state index in [0.717, 1.165) is 31.4 Å². The average Bonchev–Trinajstić information content (AvgIpc) is 2.48. The van der Waals surface area contributed by atoms with E-state index in [2.05, 4.69) is 22.3 Å². The zero-order chi connectivity index (χ0) is 14.2. The van der Waals surface area contributed by atoms with Crippen molar-refractivity contribution >= 4 is 5.69 Å². The molecule has 1 saturated carbocycles. The monoisotopic (exact) mass is 276 g/mol. The van der Waals surface area contributed by atoms with Crippen LogP contribution in [0.2, 0.25) is 0 Å². The van der Waals surface area contributed by atoms with Gasteiger partial charge >= 0.3 is 0 Å². The van der Waals surface area contributed by atoms with Gasteiger partial charge in [0.25, 0.3) is 0 Å². The molecular formula is C17H28N2O. The molecule has 1 N–H and O–H groups in total. The highest BCUT2D eigenvalue weighted by molar-refractivity contribution is 5.49. The summed E-state index contributed by atoms with van der Waals surface area (Å²) in [4.78, 5) is 2.09. The molecule has 0 radical (unpaired) electrons. The van der Waals surface area contributed by atoms with Gasteiger partial charge in [-0.1, -0.05) is 25.3 Å². The minimum absolute atomic E-state index is 0.740. The summed E-state index contributed by atoms with van der Waals surface area (Å²) in [6.45, 7) is 2.83. The highest BCUT2D eigenvalue weighted by Crippen LogP contribution is 2.22. The minimum atomic E-state index is 0.740. The fourth-order valence-corrected chi connectivity index (χ4v) is 2.79. The molecule has 0 atom stereocenters. The molecule has 1 aliphatic carbocycles. The van der Waals surface area contributed by atoms with Crippen LogP contribution in [-0.2, 0) is 0 Å². The van der Waals surface area contributed by atoms with E-state index in [1.54, 1.807) is 0 Å². The third-order valence-corrected chi connectivity index (χ3v) is 4.04. The Morgan fingerprint density at radius 2 is 2.00 bits per heavy atom. The molecule has 1 aliphatic rings. The van der Waals surface area contributed by atoms with Crippen LogP contribution < -0.4 is 15.0 Å². The van der Waals surface area contributed by atoms with Crippen molar-refractivity contribution in [3.8, 4) is 5.75 Å². The number of benzene rings is 1. The molecule has 0 spiro atoms. The summed E-state index contributed by atoms with van der Waals surface area (Å²) in [6.07, 6.45) is 7.07. The van der Waals surface area contributed by atoms with Crippen LogP contribution in [-0.4, -0.2) is 33.8 Å². The van der Waals surface area contributed by atoms with Crippen LogP contribution in [0, 0.1) is 5.92 Å². The first-order valence-electron chi connectivity index (χ1n) is 7.86. The Balaban J connectivity index is 1.61. The van der Waals surface area contributed by atoms with Gasteiger partial charge in [0.05, 0.1) is 0 Å². The van der Waals surface area contributed by atoms with E-state index in [-0.39, 0.29) is 0 Å². The summed E-state index contributed by atoms with van der Waals surface area (Å²) in [5.41, 5.74) is 1.18. The van der Waals surface area contributed by atoms with Crippen LogP contribution >= 0.6 is 0 Å². The van der Waals surface area contributed by atoms with Gasteiger partial charge in [0, 0.05) is 32.4 Å². The first kappa shape index (κ1) is 15.2. The first-order chi connectivity index (χ1) is 9.75. The zero-order valence-corrected chi connectivity index (χ0v) is 12.9. The number of hydrogen-bond acceptors (Lipinski definition) is 3. The van der Waals surface area contributed by atoms with E-state index in [0.29, 0.717) is 0 Å². The van der Waals surface area contributed by atoms with E-state index < -0.39 is 0 Å². The molecular weight excluding hydrogens is 248 g/mol. The van der Waals surface area contributed by atoms with Crippen molar-refractivity contribution in [2.45, 2.75) is 32.1 Å². The second-order valence-corrected chi connectivity index (χ2v) is 5.95. The zero-order valence-electron chi connectivity index (χ0n) is 12.9. The van der Waals surface area contributed by atoms with Gasteiger partial charge in [0.2, 0.25) is 0 Å². The summed E-state index contributed by atoms with van der Waals surface area (Å²) in [7, 11) is 4.09. The molecule has 0 amide bonds. The molecule has 1 aromatic carbocycles. The van der Waals surface area contributed by atoms with Crippen LogP contribution in [0.5, 0.6) is 5.75 Å². The van der Waals surface area contributed by atoms with E-state index in [1.165, 1.54) is 37.8 Å². The van der Waals surface area contributed by atoms with Crippen molar-refractivity contribution in [2.75, 3.05) is 38.7 Å². The number of nitrogens with one attached hydrogen (secondary N) is 1. The number of nitrogens with zero attached hydrogens (tertiary/aromatic N) is 1. The van der Waals surface area contributed by atoms with E-state index >= 15 is 0 Å². The van der Waals surface area contributed by atoms with Gasteiger partial charge in [-0.25, -0.2) is 0 Å². The quantitative estimate of drug-likeness (QED) is 0.773. The van der Waals surface area contributed by atoms with Crippen LogP contribution in [0.4, 0.5) is 5.69 Å². The summed E-state index contributed by atoms with van der Waals surface area (Å²) in [6, 6.07) is 8.24. The van der Waals surface area contributed by atoms with E-state index in [4.69, 9.17) is 4.74 Å². The van der Waals surface area contributed by atoms with Gasteiger partial charge in [-0.3, -0.25) is 0 Å². The van der Waals surface area contributed by atoms with Gasteiger partial charge in [0.1, 0.15) is 12.4 Å². The van der Waals surface area contributed by atoms with Gasteiger partial charge in [0.15, 0.2) is 0 Å². The molecule has 0 aliphatic heterocycles. The van der Waals surface area contributed by atoms with Gasteiger partial charge in [-0.15, -0.1) is 0 Å². The maximum absolute atomic E-state index is 5.80. The summed E-state index contributed by atoms with van der Waals surface area (Å²) < 4.78 is 5.80. The number of rotatable bonds is 7. The number of hydrogen-bond donors (Lipinski definition) is 1. The normalized spacial score (nSPS) is 16.1. The van der Waals surface area contributed by atoms with E-state index in [1.807, 2.05) is 26.2 Å². The van der Waals surface area contributed by atoms with Crippen molar-refractivity contribution in [1.82, 2.24) is 5.32 Å². The SMILES string of the molecule is CN(C)c1cccc(OCCNCC2CCCCC2)c1. The van der Waals surface area contributed by atoms with Crippen molar-refractivity contribution < 1.29 is 4.74 Å². The molecule has 1 aromatic rings. The largest absolute Gasteiger partial charge is 0.492 e. The van der Waals surface area contributed by atoms with Crippen molar-refractivity contribution in [1.29, 1.82) is 0 Å². The summed E-state index contributed by atoms with van der Waals surface area (Å²) in [5, 5.41) is 3.53. The Morgan fingerprint density at radius 1 is 1.20 bits per heavy atom. The third-order valence-electron chi connectivity index (χ3n) is 4.04. The molecule has 20 heavy (non-hydrogen) atoms. The first-order valence-corrected chi connectivity index (χ1v) is 7.86. The Bertz CT molecular complexity index is 386. The Labute approximate surface area is 123 Å². The topological polar surface area (TPSA) is 24.5 Å². The second-order valence-electron chi connectivity index (χ2n) is 5.95. The van der Waals surface area contributed by atoms with Crippen molar-refractivity contribution in [2.24, 2.45) is 5.92 Å². The molecule has 2 rings (SSSR count). The predicted octanol–water partition coefficient (Wildman–Crippen LogP) is 3.30. The maximum atomic E-state index is 5.80. The summed E-state index contributed by atoms with van der Waals surface area (Å²) >= 11 is 0. The predicted molar refractivity (Wildman–Crippen MR) is 85.7 cm³/mol. The fraction of sp³-hybridized carbons (Fsp3) is 0.647. The van der Waals surface area contributed by atoms with Crippen molar-refractivity contribution in [3.63, 3.8) is 0 Å². The van der Waals surface area contributed by atoms with Gasteiger partial charge in [-0.2, -0.15) is 0 Å². The van der Waals surface area contributed by atoms with Gasteiger partial charge in [-0.05, 0) is 37.4 Å². The molecule has 0 bridgehead atoms. The van der Waals surface area contributed by atoms with Crippen LogP contribution in [0.25, 0.3) is 0 Å². The highest BCUT2D eigenvalue weighted by atomic mass is 16.5. The third kappa shape index (κ3) is 5.04. The average molecular weight is 276 g/mol. The fourth-order valence-electron chi connectivity index (χ4n) is 2.79. The smallest absolute Gasteiger partial charge is 0.121 e.